The van der Waals surface area contributed by atoms with Crippen LogP contribution in [0.15, 0.2) is 41.6 Å². The van der Waals surface area contributed by atoms with Gasteiger partial charge < -0.3 is 9.64 Å². The third-order valence-electron chi connectivity index (χ3n) is 4.94. The molecule has 140 valence electrons. The second-order valence-electron chi connectivity index (χ2n) is 6.67. The first kappa shape index (κ1) is 17.4. The summed E-state index contributed by atoms with van der Waals surface area (Å²) < 4.78 is 6.71. The summed E-state index contributed by atoms with van der Waals surface area (Å²) in [5.74, 6) is 0.596. The van der Waals surface area contributed by atoms with E-state index in [-0.39, 0.29) is 5.56 Å². The SMILES string of the molecule is COc1ncnc2ccc(N3CCN(Cc4cnn(C)c(=O)c4)CC3)cc12. The second-order valence-corrected chi connectivity index (χ2v) is 6.67. The number of nitrogens with zero attached hydrogens (tertiary/aromatic N) is 6. The van der Waals surface area contributed by atoms with Crippen LogP contribution in [0.1, 0.15) is 5.56 Å². The fourth-order valence-electron chi connectivity index (χ4n) is 3.40. The number of hydrogen-bond donors (Lipinski definition) is 0. The maximum Gasteiger partial charge on any atom is 0.266 e. The van der Waals surface area contributed by atoms with Crippen molar-refractivity contribution >= 4 is 16.6 Å². The van der Waals surface area contributed by atoms with Gasteiger partial charge in [0, 0.05) is 51.5 Å². The Morgan fingerprint density at radius 1 is 1.11 bits per heavy atom. The highest BCUT2D eigenvalue weighted by Crippen LogP contribution is 2.27. The minimum Gasteiger partial charge on any atom is -0.480 e. The molecule has 0 atom stereocenters. The third kappa shape index (κ3) is 3.61. The van der Waals surface area contributed by atoms with E-state index in [0.29, 0.717) is 5.88 Å². The van der Waals surface area contributed by atoms with E-state index in [1.165, 1.54) is 11.0 Å². The number of fused-ring (bicyclic) bond motifs is 1. The van der Waals surface area contributed by atoms with E-state index < -0.39 is 0 Å². The molecule has 2 aromatic heterocycles. The Bertz CT molecular complexity index is 1010. The Labute approximate surface area is 157 Å². The summed E-state index contributed by atoms with van der Waals surface area (Å²) in [6, 6.07) is 7.85. The quantitative estimate of drug-likeness (QED) is 0.683. The van der Waals surface area contributed by atoms with Gasteiger partial charge in [-0.05, 0) is 23.8 Å². The van der Waals surface area contributed by atoms with Gasteiger partial charge in [0.15, 0.2) is 0 Å². The van der Waals surface area contributed by atoms with Crippen LogP contribution in [0.2, 0.25) is 0 Å². The van der Waals surface area contributed by atoms with Crippen molar-refractivity contribution in [2.75, 3.05) is 38.2 Å². The Hall–Kier alpha value is -3.00. The maximum absolute atomic E-state index is 11.7. The number of methoxy groups -OCH3 is 1. The molecule has 3 aromatic rings. The zero-order valence-corrected chi connectivity index (χ0v) is 15.5. The number of anilines is 1. The average molecular weight is 366 g/mol. The van der Waals surface area contributed by atoms with Crippen LogP contribution < -0.4 is 15.2 Å². The molecular formula is C19H22N6O2. The number of piperazine rings is 1. The van der Waals surface area contributed by atoms with Gasteiger partial charge in [0.25, 0.3) is 5.56 Å². The molecule has 0 radical (unpaired) electrons. The number of rotatable bonds is 4. The van der Waals surface area contributed by atoms with Gasteiger partial charge in [-0.25, -0.2) is 14.6 Å². The van der Waals surface area contributed by atoms with E-state index in [9.17, 15) is 4.79 Å². The minimum absolute atomic E-state index is 0.0709. The van der Waals surface area contributed by atoms with Crippen molar-refractivity contribution in [1.29, 1.82) is 0 Å². The van der Waals surface area contributed by atoms with E-state index in [2.05, 4.69) is 37.0 Å². The first-order chi connectivity index (χ1) is 13.1. The Balaban J connectivity index is 1.45. The molecule has 8 heteroatoms. The normalized spacial score (nSPS) is 15.3. The second kappa shape index (κ2) is 7.32. The summed E-state index contributed by atoms with van der Waals surface area (Å²) in [5.41, 5.74) is 2.91. The highest BCUT2D eigenvalue weighted by Gasteiger charge is 2.18. The van der Waals surface area contributed by atoms with Crippen LogP contribution >= 0.6 is 0 Å². The largest absolute Gasteiger partial charge is 0.480 e. The van der Waals surface area contributed by atoms with Crippen molar-refractivity contribution in [1.82, 2.24) is 24.6 Å². The van der Waals surface area contributed by atoms with Gasteiger partial charge in [-0.3, -0.25) is 9.69 Å². The van der Waals surface area contributed by atoms with Crippen LogP contribution in [-0.4, -0.2) is 57.9 Å². The smallest absolute Gasteiger partial charge is 0.266 e. The van der Waals surface area contributed by atoms with Gasteiger partial charge in [-0.15, -0.1) is 0 Å². The monoisotopic (exact) mass is 366 g/mol. The summed E-state index contributed by atoms with van der Waals surface area (Å²) in [5, 5.41) is 5.02. The van der Waals surface area contributed by atoms with Crippen LogP contribution in [-0.2, 0) is 13.6 Å². The molecule has 0 spiro atoms. The maximum atomic E-state index is 11.7. The zero-order valence-electron chi connectivity index (χ0n) is 15.5. The molecule has 1 aliphatic rings. The molecule has 1 fully saturated rings. The number of aryl methyl sites for hydroxylation is 1. The molecule has 8 nitrogen and oxygen atoms in total. The third-order valence-corrected chi connectivity index (χ3v) is 4.94. The van der Waals surface area contributed by atoms with Crippen molar-refractivity contribution < 1.29 is 4.74 Å². The fraction of sp³-hybridized carbons (Fsp3) is 0.368. The molecule has 1 saturated heterocycles. The lowest BCUT2D eigenvalue weighted by atomic mass is 10.1. The summed E-state index contributed by atoms with van der Waals surface area (Å²) in [6.45, 7) is 4.43. The molecule has 0 N–H and O–H groups in total. The lowest BCUT2D eigenvalue weighted by molar-refractivity contribution is 0.249. The number of ether oxygens (including phenoxy) is 1. The van der Waals surface area contributed by atoms with E-state index in [0.717, 1.165) is 54.9 Å². The molecule has 1 aliphatic heterocycles. The number of benzene rings is 1. The van der Waals surface area contributed by atoms with Gasteiger partial charge in [-0.1, -0.05) is 0 Å². The molecule has 0 saturated carbocycles. The van der Waals surface area contributed by atoms with Crippen molar-refractivity contribution in [3.8, 4) is 5.88 Å². The van der Waals surface area contributed by atoms with Gasteiger partial charge in [0.2, 0.25) is 5.88 Å². The van der Waals surface area contributed by atoms with E-state index in [1.54, 1.807) is 26.4 Å². The van der Waals surface area contributed by atoms with Crippen LogP contribution in [0.5, 0.6) is 5.88 Å². The highest BCUT2D eigenvalue weighted by atomic mass is 16.5. The molecule has 4 rings (SSSR count). The molecule has 0 unspecified atom stereocenters. The van der Waals surface area contributed by atoms with Crippen molar-refractivity contribution in [2.24, 2.45) is 7.05 Å². The van der Waals surface area contributed by atoms with Crippen LogP contribution in [0.25, 0.3) is 10.9 Å². The molecule has 0 amide bonds. The predicted octanol–water partition coefficient (Wildman–Crippen LogP) is 1.05. The van der Waals surface area contributed by atoms with Crippen LogP contribution in [0.4, 0.5) is 5.69 Å². The van der Waals surface area contributed by atoms with E-state index in [1.807, 2.05) is 6.07 Å². The predicted molar refractivity (Wildman–Crippen MR) is 103 cm³/mol. The molecule has 1 aromatic carbocycles. The van der Waals surface area contributed by atoms with Gasteiger partial charge >= 0.3 is 0 Å². The van der Waals surface area contributed by atoms with Crippen molar-refractivity contribution in [3.63, 3.8) is 0 Å². The first-order valence-corrected chi connectivity index (χ1v) is 8.92. The summed E-state index contributed by atoms with van der Waals surface area (Å²) in [6.07, 6.45) is 3.29. The molecule has 27 heavy (non-hydrogen) atoms. The number of hydrogen-bond acceptors (Lipinski definition) is 7. The summed E-state index contributed by atoms with van der Waals surface area (Å²) >= 11 is 0. The van der Waals surface area contributed by atoms with Crippen LogP contribution in [0, 0.1) is 0 Å². The van der Waals surface area contributed by atoms with E-state index in [4.69, 9.17) is 4.74 Å². The lowest BCUT2D eigenvalue weighted by Gasteiger charge is -2.36. The van der Waals surface area contributed by atoms with Gasteiger partial charge in [0.05, 0.1) is 24.2 Å². The fourth-order valence-corrected chi connectivity index (χ4v) is 3.40. The molecular weight excluding hydrogens is 344 g/mol. The molecule has 0 aliphatic carbocycles. The van der Waals surface area contributed by atoms with Gasteiger partial charge in [-0.2, -0.15) is 5.10 Å². The minimum atomic E-state index is -0.0709. The molecule has 3 heterocycles. The Morgan fingerprint density at radius 2 is 1.93 bits per heavy atom. The first-order valence-electron chi connectivity index (χ1n) is 8.92. The van der Waals surface area contributed by atoms with Crippen molar-refractivity contribution in [2.45, 2.75) is 6.54 Å². The van der Waals surface area contributed by atoms with Gasteiger partial charge in [0.1, 0.15) is 6.33 Å². The highest BCUT2D eigenvalue weighted by molar-refractivity contribution is 5.86. The lowest BCUT2D eigenvalue weighted by Crippen LogP contribution is -2.46. The standard InChI is InChI=1S/C19H22N6O2/c1-23-18(26)9-14(11-22-23)12-24-5-7-25(8-6-24)15-3-4-17-16(10-15)19(27-2)21-13-20-17/h3-4,9-11,13H,5-8,12H2,1-2H3. The number of aromatic nitrogens is 4. The summed E-state index contributed by atoms with van der Waals surface area (Å²) in [4.78, 5) is 24.9. The average Bonchev–Trinajstić information content (AvgIpc) is 2.70. The van der Waals surface area contributed by atoms with E-state index >= 15 is 0 Å². The summed E-state index contributed by atoms with van der Waals surface area (Å²) in [7, 11) is 3.29. The Morgan fingerprint density at radius 3 is 2.67 bits per heavy atom. The molecule has 0 bridgehead atoms. The Kier molecular flexibility index (Phi) is 4.72. The topological polar surface area (TPSA) is 76.4 Å². The van der Waals surface area contributed by atoms with Crippen LogP contribution in [0.3, 0.4) is 0 Å². The zero-order chi connectivity index (χ0) is 18.8. The van der Waals surface area contributed by atoms with Crippen molar-refractivity contribution in [3.05, 3.63) is 52.7 Å².